The highest BCUT2D eigenvalue weighted by Gasteiger charge is 2.26. The molecule has 1 fully saturated rings. The van der Waals surface area contributed by atoms with Gasteiger partial charge in [0.2, 0.25) is 0 Å². The van der Waals surface area contributed by atoms with E-state index in [1.54, 1.807) is 12.1 Å². The Morgan fingerprint density at radius 1 is 1.25 bits per heavy atom. The van der Waals surface area contributed by atoms with Crippen LogP contribution in [0.3, 0.4) is 0 Å². The largest absolute Gasteiger partial charge is 0.338 e. The molecule has 1 aliphatic rings. The first-order chi connectivity index (χ1) is 13.4. The van der Waals surface area contributed by atoms with Crippen molar-refractivity contribution in [2.45, 2.75) is 19.8 Å². The molecular formula is C21H23FIN3O2. The molecule has 0 spiro atoms. The molecule has 3 rings (SSSR count). The number of piperidine rings is 1. The van der Waals surface area contributed by atoms with Crippen LogP contribution in [0, 0.1) is 22.2 Å². The smallest absolute Gasteiger partial charge is 0.319 e. The molecule has 0 aliphatic carbocycles. The number of benzene rings is 2. The third kappa shape index (κ3) is 5.21. The third-order valence-electron chi connectivity index (χ3n) is 4.86. The fourth-order valence-electron chi connectivity index (χ4n) is 3.38. The summed E-state index contributed by atoms with van der Waals surface area (Å²) < 4.78 is 14.2. The Bertz CT molecular complexity index is 874. The number of anilines is 1. The Morgan fingerprint density at radius 3 is 2.82 bits per heavy atom. The van der Waals surface area contributed by atoms with E-state index in [1.807, 2.05) is 30.0 Å². The summed E-state index contributed by atoms with van der Waals surface area (Å²) in [4.78, 5) is 26.8. The van der Waals surface area contributed by atoms with Crippen molar-refractivity contribution in [1.29, 1.82) is 0 Å². The number of hydrogen-bond acceptors (Lipinski definition) is 2. The van der Waals surface area contributed by atoms with Gasteiger partial charge < -0.3 is 15.5 Å². The van der Waals surface area contributed by atoms with Crippen molar-refractivity contribution in [2.24, 2.45) is 5.92 Å². The number of nitrogens with one attached hydrogen (secondary N) is 2. The normalized spacial score (nSPS) is 16.5. The summed E-state index contributed by atoms with van der Waals surface area (Å²) in [7, 11) is 0. The maximum absolute atomic E-state index is 13.2. The van der Waals surface area contributed by atoms with Crippen molar-refractivity contribution >= 4 is 40.2 Å². The van der Waals surface area contributed by atoms with Gasteiger partial charge in [0.25, 0.3) is 5.91 Å². The van der Waals surface area contributed by atoms with Gasteiger partial charge in [0, 0.05) is 28.9 Å². The Morgan fingerprint density at radius 2 is 2.04 bits per heavy atom. The second kappa shape index (κ2) is 9.36. The van der Waals surface area contributed by atoms with Gasteiger partial charge in [-0.05, 0) is 78.1 Å². The number of carbonyl (C=O) groups is 2. The minimum Gasteiger partial charge on any atom is -0.338 e. The highest BCUT2D eigenvalue weighted by molar-refractivity contribution is 14.1. The zero-order valence-corrected chi connectivity index (χ0v) is 17.8. The van der Waals surface area contributed by atoms with Gasteiger partial charge in [0.05, 0.1) is 5.56 Å². The van der Waals surface area contributed by atoms with Crippen LogP contribution in [0.2, 0.25) is 0 Å². The summed E-state index contributed by atoms with van der Waals surface area (Å²) in [6, 6.07) is 11.2. The maximum atomic E-state index is 13.2. The third-order valence-corrected chi connectivity index (χ3v) is 6.29. The van der Waals surface area contributed by atoms with Gasteiger partial charge >= 0.3 is 6.03 Å². The van der Waals surface area contributed by atoms with Gasteiger partial charge in [0.15, 0.2) is 0 Å². The topological polar surface area (TPSA) is 61.4 Å². The van der Waals surface area contributed by atoms with Gasteiger partial charge in [-0.25, -0.2) is 9.18 Å². The summed E-state index contributed by atoms with van der Waals surface area (Å²) in [6.07, 6.45) is 1.86. The zero-order valence-electron chi connectivity index (χ0n) is 15.7. The molecule has 148 valence electrons. The first-order valence-corrected chi connectivity index (χ1v) is 10.4. The van der Waals surface area contributed by atoms with E-state index >= 15 is 0 Å². The van der Waals surface area contributed by atoms with E-state index in [0.717, 1.165) is 34.1 Å². The number of hydrogen-bond donors (Lipinski definition) is 2. The molecule has 0 bridgehead atoms. The molecule has 1 atom stereocenters. The summed E-state index contributed by atoms with van der Waals surface area (Å²) in [5.74, 6) is -0.162. The lowest BCUT2D eigenvalue weighted by molar-refractivity contribution is 0.0674. The number of amides is 3. The molecule has 3 amide bonds. The first-order valence-electron chi connectivity index (χ1n) is 9.29. The standard InChI is InChI=1S/C21H23FIN3O2/c1-14-5-2-9-18(19(14)23)20(27)26-10-4-6-15(13-26)12-24-21(28)25-17-8-3-7-16(22)11-17/h2-3,5,7-9,11,15H,4,6,10,12-13H2,1H3,(H2,24,25,28). The molecule has 2 aromatic rings. The highest BCUT2D eigenvalue weighted by atomic mass is 127. The summed E-state index contributed by atoms with van der Waals surface area (Å²) in [5.41, 5.74) is 2.24. The zero-order chi connectivity index (χ0) is 20.1. The van der Waals surface area contributed by atoms with Gasteiger partial charge in [0.1, 0.15) is 5.82 Å². The van der Waals surface area contributed by atoms with Gasteiger partial charge in [-0.1, -0.05) is 18.2 Å². The first kappa shape index (κ1) is 20.6. The molecule has 1 aliphatic heterocycles. The van der Waals surface area contributed by atoms with Crippen LogP contribution in [-0.2, 0) is 0 Å². The monoisotopic (exact) mass is 495 g/mol. The number of halogens is 2. The van der Waals surface area contributed by atoms with Crippen LogP contribution in [0.15, 0.2) is 42.5 Å². The molecule has 0 radical (unpaired) electrons. The second-order valence-electron chi connectivity index (χ2n) is 7.04. The average Bonchev–Trinajstić information content (AvgIpc) is 2.68. The van der Waals surface area contributed by atoms with E-state index < -0.39 is 5.82 Å². The van der Waals surface area contributed by atoms with Gasteiger partial charge in [-0.15, -0.1) is 0 Å². The minimum atomic E-state index is -0.398. The molecule has 0 aromatic heterocycles. The Hall–Kier alpha value is -2.16. The molecule has 5 nitrogen and oxygen atoms in total. The number of urea groups is 1. The molecule has 0 saturated carbocycles. The fraction of sp³-hybridized carbons (Fsp3) is 0.333. The van der Waals surface area contributed by atoms with E-state index in [-0.39, 0.29) is 17.9 Å². The number of aryl methyl sites for hydroxylation is 1. The van der Waals surface area contributed by atoms with Crippen LogP contribution in [0.5, 0.6) is 0 Å². The Balaban J connectivity index is 1.54. The van der Waals surface area contributed by atoms with E-state index in [4.69, 9.17) is 0 Å². The van der Waals surface area contributed by atoms with Crippen molar-refractivity contribution in [2.75, 3.05) is 25.0 Å². The van der Waals surface area contributed by atoms with Crippen molar-refractivity contribution in [3.63, 3.8) is 0 Å². The Kier molecular flexibility index (Phi) is 6.88. The Labute approximate surface area is 177 Å². The van der Waals surface area contributed by atoms with Gasteiger partial charge in [-0.3, -0.25) is 4.79 Å². The lowest BCUT2D eigenvalue weighted by atomic mass is 9.97. The number of rotatable bonds is 4. The van der Waals surface area contributed by atoms with E-state index in [0.29, 0.717) is 18.8 Å². The fourth-order valence-corrected chi connectivity index (χ4v) is 3.97. The van der Waals surface area contributed by atoms with Crippen LogP contribution in [0.25, 0.3) is 0 Å². The molecule has 28 heavy (non-hydrogen) atoms. The molecule has 1 heterocycles. The second-order valence-corrected chi connectivity index (χ2v) is 8.12. The quantitative estimate of drug-likeness (QED) is 0.618. The summed E-state index contributed by atoms with van der Waals surface area (Å²) >= 11 is 2.22. The lowest BCUT2D eigenvalue weighted by Crippen LogP contribution is -2.44. The van der Waals surface area contributed by atoms with E-state index in [2.05, 4.69) is 33.2 Å². The van der Waals surface area contributed by atoms with Crippen LogP contribution in [0.1, 0.15) is 28.8 Å². The van der Waals surface area contributed by atoms with Crippen molar-refractivity contribution in [3.05, 3.63) is 63.0 Å². The SMILES string of the molecule is Cc1cccc(C(=O)N2CCCC(CNC(=O)Nc3cccc(F)c3)C2)c1I. The number of likely N-dealkylation sites (tertiary alicyclic amines) is 1. The average molecular weight is 495 g/mol. The van der Waals surface area contributed by atoms with Crippen LogP contribution in [-0.4, -0.2) is 36.5 Å². The van der Waals surface area contributed by atoms with Gasteiger partial charge in [-0.2, -0.15) is 0 Å². The minimum absolute atomic E-state index is 0.0435. The van der Waals surface area contributed by atoms with Crippen molar-refractivity contribution in [3.8, 4) is 0 Å². The van der Waals surface area contributed by atoms with Crippen molar-refractivity contribution in [1.82, 2.24) is 10.2 Å². The molecule has 2 N–H and O–H groups in total. The molecular weight excluding hydrogens is 472 g/mol. The lowest BCUT2D eigenvalue weighted by Gasteiger charge is -2.33. The predicted octanol–water partition coefficient (Wildman–Crippen LogP) is 4.41. The summed E-state index contributed by atoms with van der Waals surface area (Å²) in [6.45, 7) is 3.81. The molecule has 2 aromatic carbocycles. The molecule has 1 saturated heterocycles. The van der Waals surface area contributed by atoms with Crippen LogP contribution in [0.4, 0.5) is 14.9 Å². The molecule has 7 heteroatoms. The maximum Gasteiger partial charge on any atom is 0.319 e. The molecule has 1 unspecified atom stereocenters. The van der Waals surface area contributed by atoms with E-state index in [9.17, 15) is 14.0 Å². The summed E-state index contributed by atoms with van der Waals surface area (Å²) in [5, 5.41) is 5.45. The highest BCUT2D eigenvalue weighted by Crippen LogP contribution is 2.22. The number of carbonyl (C=O) groups excluding carboxylic acids is 2. The van der Waals surface area contributed by atoms with E-state index in [1.165, 1.54) is 12.1 Å². The van der Waals surface area contributed by atoms with Crippen LogP contribution >= 0.6 is 22.6 Å². The van der Waals surface area contributed by atoms with Crippen molar-refractivity contribution < 1.29 is 14.0 Å². The predicted molar refractivity (Wildman–Crippen MR) is 116 cm³/mol. The number of nitrogens with zero attached hydrogens (tertiary/aromatic N) is 1. The van der Waals surface area contributed by atoms with Crippen LogP contribution < -0.4 is 10.6 Å².